The highest BCUT2D eigenvalue weighted by molar-refractivity contribution is 9.10. The number of benzene rings is 1. The summed E-state index contributed by atoms with van der Waals surface area (Å²) in [5, 5.41) is 14.1. The molecule has 0 unspecified atom stereocenters. The number of rotatable bonds is 5. The van der Waals surface area contributed by atoms with Crippen LogP contribution in [0.15, 0.2) is 22.7 Å². The first-order valence-corrected chi connectivity index (χ1v) is 7.74. The van der Waals surface area contributed by atoms with Crippen molar-refractivity contribution in [3.63, 3.8) is 0 Å². The van der Waals surface area contributed by atoms with Gasteiger partial charge in [0.15, 0.2) is 0 Å². The summed E-state index contributed by atoms with van der Waals surface area (Å²) in [5.74, 6) is -0.523. The molecule has 0 spiro atoms. The number of hydrogen-bond donors (Lipinski definition) is 1. The number of esters is 1. The molecule has 0 aromatic heterocycles. The van der Waals surface area contributed by atoms with Gasteiger partial charge in [0.1, 0.15) is 17.3 Å². The molecule has 0 radical (unpaired) electrons. The quantitative estimate of drug-likeness (QED) is 0.477. The van der Waals surface area contributed by atoms with Crippen LogP contribution in [0.4, 0.5) is 11.4 Å². The third-order valence-corrected chi connectivity index (χ3v) is 3.29. The molecule has 1 N–H and O–H groups in total. The van der Waals surface area contributed by atoms with Crippen molar-refractivity contribution in [2.75, 3.05) is 5.32 Å². The Labute approximate surface area is 138 Å². The van der Waals surface area contributed by atoms with E-state index in [1.165, 1.54) is 6.07 Å². The van der Waals surface area contributed by atoms with Crippen molar-refractivity contribution in [2.45, 2.75) is 46.3 Å². The zero-order valence-corrected chi connectivity index (χ0v) is 14.9. The third-order valence-electron chi connectivity index (χ3n) is 2.79. The van der Waals surface area contributed by atoms with E-state index in [-0.39, 0.29) is 17.3 Å². The first-order chi connectivity index (χ1) is 10.0. The van der Waals surface area contributed by atoms with Crippen LogP contribution in [0, 0.1) is 16.0 Å². The average molecular weight is 373 g/mol. The molecule has 0 saturated heterocycles. The van der Waals surface area contributed by atoms with Crippen LogP contribution in [0.1, 0.15) is 34.6 Å². The van der Waals surface area contributed by atoms with Crippen LogP contribution in [0.2, 0.25) is 0 Å². The third kappa shape index (κ3) is 5.29. The summed E-state index contributed by atoms with van der Waals surface area (Å²) < 4.78 is 6.07. The highest BCUT2D eigenvalue weighted by atomic mass is 79.9. The van der Waals surface area contributed by atoms with Gasteiger partial charge in [-0.05, 0) is 38.8 Å². The van der Waals surface area contributed by atoms with Crippen LogP contribution < -0.4 is 5.32 Å². The SMILES string of the molecule is CC(C)[C@@H](Nc1cc(Br)ccc1[N+](=O)[O-])C(=O)OC(C)(C)C. The minimum Gasteiger partial charge on any atom is -0.458 e. The smallest absolute Gasteiger partial charge is 0.329 e. The number of halogens is 1. The summed E-state index contributed by atoms with van der Waals surface area (Å²) in [7, 11) is 0. The molecule has 0 aliphatic carbocycles. The number of nitro groups is 1. The molecule has 0 saturated carbocycles. The molecule has 122 valence electrons. The lowest BCUT2D eigenvalue weighted by atomic mass is 10.0. The monoisotopic (exact) mass is 372 g/mol. The highest BCUT2D eigenvalue weighted by Gasteiger charge is 2.29. The van der Waals surface area contributed by atoms with Crippen LogP contribution in [-0.2, 0) is 9.53 Å². The van der Waals surface area contributed by atoms with Crippen molar-refractivity contribution in [3.8, 4) is 0 Å². The number of anilines is 1. The van der Waals surface area contributed by atoms with Gasteiger partial charge in [-0.1, -0.05) is 29.8 Å². The molecule has 22 heavy (non-hydrogen) atoms. The lowest BCUT2D eigenvalue weighted by molar-refractivity contribution is -0.384. The molecule has 0 fully saturated rings. The normalized spacial score (nSPS) is 12.9. The highest BCUT2D eigenvalue weighted by Crippen LogP contribution is 2.29. The molecular formula is C15H21BrN2O4. The first-order valence-electron chi connectivity index (χ1n) is 6.94. The number of carbonyl (C=O) groups is 1. The second-order valence-electron chi connectivity index (χ2n) is 6.32. The predicted molar refractivity (Wildman–Crippen MR) is 88.9 cm³/mol. The maximum absolute atomic E-state index is 12.3. The molecule has 0 amide bonds. The van der Waals surface area contributed by atoms with Gasteiger partial charge in [0, 0.05) is 10.5 Å². The van der Waals surface area contributed by atoms with Crippen molar-refractivity contribution in [2.24, 2.45) is 5.92 Å². The second-order valence-corrected chi connectivity index (χ2v) is 7.23. The standard InChI is InChI=1S/C15H21BrN2O4/c1-9(2)13(14(19)22-15(3,4)5)17-11-8-10(16)6-7-12(11)18(20)21/h6-9,13,17H,1-5H3/t13-/m1/s1. The van der Waals surface area contributed by atoms with Gasteiger partial charge in [0.25, 0.3) is 5.69 Å². The fraction of sp³-hybridized carbons (Fsp3) is 0.533. The van der Waals surface area contributed by atoms with Gasteiger partial charge in [-0.15, -0.1) is 0 Å². The summed E-state index contributed by atoms with van der Waals surface area (Å²) >= 11 is 3.28. The summed E-state index contributed by atoms with van der Waals surface area (Å²) in [6.45, 7) is 9.05. The number of carbonyl (C=O) groups excluding carboxylic acids is 1. The lowest BCUT2D eigenvalue weighted by Crippen LogP contribution is -2.40. The molecular weight excluding hydrogens is 352 g/mol. The van der Waals surface area contributed by atoms with Gasteiger partial charge in [-0.2, -0.15) is 0 Å². The van der Waals surface area contributed by atoms with E-state index in [4.69, 9.17) is 4.74 Å². The molecule has 0 bridgehead atoms. The summed E-state index contributed by atoms with van der Waals surface area (Å²) in [5.41, 5.74) is -0.420. The van der Waals surface area contributed by atoms with Crippen LogP contribution >= 0.6 is 15.9 Å². The maximum atomic E-state index is 12.3. The molecule has 1 rings (SSSR count). The van der Waals surface area contributed by atoms with Crippen molar-refractivity contribution in [3.05, 3.63) is 32.8 Å². The van der Waals surface area contributed by atoms with Crippen LogP contribution in [0.25, 0.3) is 0 Å². The Morgan fingerprint density at radius 3 is 2.41 bits per heavy atom. The minimum absolute atomic E-state index is 0.0857. The van der Waals surface area contributed by atoms with E-state index in [1.54, 1.807) is 32.9 Å². The maximum Gasteiger partial charge on any atom is 0.329 e. The molecule has 0 aliphatic heterocycles. The minimum atomic E-state index is -0.674. The number of nitrogens with zero attached hydrogens (tertiary/aromatic N) is 1. The Bertz CT molecular complexity index is 567. The Kier molecular flexibility index (Phi) is 5.93. The number of ether oxygens (including phenoxy) is 1. The average Bonchev–Trinajstić information content (AvgIpc) is 2.32. The Morgan fingerprint density at radius 2 is 1.95 bits per heavy atom. The summed E-state index contributed by atoms with van der Waals surface area (Å²) in [4.78, 5) is 22.9. The molecule has 1 aromatic carbocycles. The number of nitrogens with one attached hydrogen (secondary N) is 1. The van der Waals surface area contributed by atoms with Gasteiger partial charge in [0.05, 0.1) is 4.92 Å². The molecule has 1 aromatic rings. The van der Waals surface area contributed by atoms with Crippen molar-refractivity contribution >= 4 is 33.3 Å². The van der Waals surface area contributed by atoms with E-state index >= 15 is 0 Å². The van der Waals surface area contributed by atoms with Crippen LogP contribution in [0.3, 0.4) is 0 Å². The van der Waals surface area contributed by atoms with E-state index in [1.807, 2.05) is 13.8 Å². The largest absolute Gasteiger partial charge is 0.458 e. The Hall–Kier alpha value is -1.63. The van der Waals surface area contributed by atoms with Crippen LogP contribution in [0.5, 0.6) is 0 Å². The summed E-state index contributed by atoms with van der Waals surface area (Å²) in [6.07, 6.45) is 0. The zero-order valence-electron chi connectivity index (χ0n) is 13.3. The second kappa shape index (κ2) is 7.09. The first kappa shape index (κ1) is 18.4. The van der Waals surface area contributed by atoms with Gasteiger partial charge < -0.3 is 10.1 Å². The van der Waals surface area contributed by atoms with E-state index in [9.17, 15) is 14.9 Å². The Balaban J connectivity index is 3.09. The number of hydrogen-bond acceptors (Lipinski definition) is 5. The fourth-order valence-electron chi connectivity index (χ4n) is 1.81. The van der Waals surface area contributed by atoms with E-state index in [0.717, 1.165) is 0 Å². The fourth-order valence-corrected chi connectivity index (χ4v) is 2.17. The van der Waals surface area contributed by atoms with Crippen molar-refractivity contribution in [1.82, 2.24) is 0 Å². The zero-order chi connectivity index (χ0) is 17.1. The van der Waals surface area contributed by atoms with E-state index in [2.05, 4.69) is 21.2 Å². The molecule has 1 atom stereocenters. The van der Waals surface area contributed by atoms with Gasteiger partial charge in [0.2, 0.25) is 0 Å². The Morgan fingerprint density at radius 1 is 1.36 bits per heavy atom. The molecule has 0 aliphatic rings. The molecule has 7 heteroatoms. The van der Waals surface area contributed by atoms with Crippen LogP contribution in [-0.4, -0.2) is 22.5 Å². The number of nitro benzene ring substituents is 1. The molecule has 0 heterocycles. The van der Waals surface area contributed by atoms with Crippen molar-refractivity contribution < 1.29 is 14.5 Å². The summed E-state index contributed by atoms with van der Waals surface area (Å²) in [6, 6.07) is 3.88. The molecule has 6 nitrogen and oxygen atoms in total. The van der Waals surface area contributed by atoms with E-state index < -0.39 is 22.5 Å². The topological polar surface area (TPSA) is 81.5 Å². The van der Waals surface area contributed by atoms with Gasteiger partial charge in [-0.25, -0.2) is 4.79 Å². The lowest BCUT2D eigenvalue weighted by Gasteiger charge is -2.27. The van der Waals surface area contributed by atoms with Gasteiger partial charge >= 0.3 is 5.97 Å². The van der Waals surface area contributed by atoms with E-state index in [0.29, 0.717) is 4.47 Å². The van der Waals surface area contributed by atoms with Crippen molar-refractivity contribution in [1.29, 1.82) is 0 Å². The predicted octanol–water partition coefficient (Wildman–Crippen LogP) is 4.14. The van der Waals surface area contributed by atoms with Gasteiger partial charge in [-0.3, -0.25) is 10.1 Å².